The summed E-state index contributed by atoms with van der Waals surface area (Å²) in [5.74, 6) is 0.662. The predicted molar refractivity (Wildman–Crippen MR) is 216 cm³/mol. The summed E-state index contributed by atoms with van der Waals surface area (Å²) in [7, 11) is 3.62. The number of rotatable bonds is 5. The summed E-state index contributed by atoms with van der Waals surface area (Å²) < 4.78 is 9.83. The zero-order valence-electron chi connectivity index (χ0n) is 29.1. The van der Waals surface area contributed by atoms with Crippen molar-refractivity contribution in [2.75, 3.05) is 0 Å². The quantitative estimate of drug-likeness (QED) is 0.181. The lowest BCUT2D eigenvalue weighted by Crippen LogP contribution is -2.19. The number of hydrogen-bond acceptors (Lipinski definition) is 4. The molecule has 53 heavy (non-hydrogen) atoms. The largest absolute Gasteiger partial charge is 0.455 e. The second kappa shape index (κ2) is 12.0. The van der Waals surface area contributed by atoms with Crippen LogP contribution in [0.15, 0.2) is 167 Å². The zero-order valence-corrected chi connectivity index (χ0v) is 29.1. The molecule has 0 aliphatic rings. The van der Waals surface area contributed by atoms with E-state index in [-0.39, 0.29) is 5.69 Å². The highest BCUT2D eigenvalue weighted by Gasteiger charge is 2.16. The molecule has 0 amide bonds. The van der Waals surface area contributed by atoms with Crippen molar-refractivity contribution in [2.24, 2.45) is 14.1 Å². The van der Waals surface area contributed by atoms with Crippen molar-refractivity contribution >= 4 is 43.7 Å². The van der Waals surface area contributed by atoms with Crippen LogP contribution in [0.25, 0.3) is 99.9 Å². The molecule has 252 valence electrons. The lowest BCUT2D eigenvalue weighted by molar-refractivity contribution is 0.673. The smallest absolute Gasteiger partial charge is 0.328 e. The molecule has 0 saturated heterocycles. The molecule has 6 nitrogen and oxygen atoms in total. The summed E-state index contributed by atoms with van der Waals surface area (Å²) in [5, 5.41) is 4.51. The van der Waals surface area contributed by atoms with Gasteiger partial charge in [0.2, 0.25) is 0 Å². The molecule has 3 heterocycles. The first-order valence-corrected chi connectivity index (χ1v) is 17.6. The van der Waals surface area contributed by atoms with Gasteiger partial charge in [-0.2, -0.15) is 0 Å². The molecule has 0 bridgehead atoms. The minimum Gasteiger partial charge on any atom is -0.455 e. The molecule has 0 fully saturated rings. The van der Waals surface area contributed by atoms with E-state index in [0.29, 0.717) is 5.82 Å². The lowest BCUT2D eigenvalue weighted by atomic mass is 9.96. The van der Waals surface area contributed by atoms with Crippen LogP contribution >= 0.6 is 0 Å². The summed E-state index contributed by atoms with van der Waals surface area (Å²) in [5.41, 5.74) is 12.4. The third kappa shape index (κ3) is 5.06. The lowest BCUT2D eigenvalue weighted by Gasteiger charge is -2.11. The number of fused-ring (bicyclic) bond motifs is 6. The number of hydrogen-bond donors (Lipinski definition) is 0. The van der Waals surface area contributed by atoms with Gasteiger partial charge in [-0.25, -0.2) is 14.8 Å². The molecule has 0 saturated carbocycles. The molecule has 7 aromatic carbocycles. The van der Waals surface area contributed by atoms with Crippen molar-refractivity contribution in [1.29, 1.82) is 0 Å². The highest BCUT2D eigenvalue weighted by molar-refractivity contribution is 6.19. The van der Waals surface area contributed by atoms with Crippen molar-refractivity contribution in [2.45, 2.75) is 0 Å². The first kappa shape index (κ1) is 30.7. The summed E-state index contributed by atoms with van der Waals surface area (Å²) in [6.45, 7) is 0. The molecule has 0 atom stereocenters. The standard InChI is InChI=1S/C47H32N4O2/c1-50-41-25-23-34(27-42(41)51(2)47(50)52)33-13-8-14-35(26-33)40-28-39(48-46(49-40)32-11-4-3-5-12-32)31-20-18-30(19-21-31)36-16-9-17-43-44(36)38-24-22-29-10-6-7-15-37(29)45(38)53-43/h3-28H,1-2H3. The number of furan rings is 1. The zero-order chi connectivity index (χ0) is 35.6. The normalized spacial score (nSPS) is 11.7. The van der Waals surface area contributed by atoms with Crippen LogP contribution in [0, 0.1) is 0 Å². The Hall–Kier alpha value is -7.05. The summed E-state index contributed by atoms with van der Waals surface area (Å²) in [6.07, 6.45) is 0. The van der Waals surface area contributed by atoms with Crippen LogP contribution in [0.3, 0.4) is 0 Å². The van der Waals surface area contributed by atoms with E-state index in [1.165, 1.54) is 0 Å². The molecule has 0 spiro atoms. The van der Waals surface area contributed by atoms with E-state index in [0.717, 1.165) is 94.1 Å². The Kier molecular flexibility index (Phi) is 6.98. The molecule has 0 unspecified atom stereocenters. The average molecular weight is 685 g/mol. The number of nitrogens with zero attached hydrogens (tertiary/aromatic N) is 4. The van der Waals surface area contributed by atoms with Crippen LogP contribution in [0.5, 0.6) is 0 Å². The third-order valence-electron chi connectivity index (χ3n) is 10.4. The van der Waals surface area contributed by atoms with Crippen LogP contribution in [-0.2, 0) is 14.1 Å². The SMILES string of the molecule is Cn1c(=O)n(C)c2cc(-c3cccc(-c4cc(-c5ccc(-c6cccc7oc8c9ccccc9ccc8c67)cc5)nc(-c5ccccc5)n4)c3)ccc21. The van der Waals surface area contributed by atoms with Crippen molar-refractivity contribution in [3.8, 4) is 56.2 Å². The molecule has 0 radical (unpaired) electrons. The maximum atomic E-state index is 12.6. The fraction of sp³-hybridized carbons (Fsp3) is 0.0426. The Morgan fingerprint density at radius 1 is 0.491 bits per heavy atom. The number of imidazole rings is 1. The Morgan fingerprint density at radius 2 is 1.15 bits per heavy atom. The van der Waals surface area contributed by atoms with E-state index < -0.39 is 0 Å². The molecular formula is C47H32N4O2. The van der Waals surface area contributed by atoms with E-state index in [2.05, 4.69) is 115 Å². The number of benzene rings is 7. The maximum absolute atomic E-state index is 12.6. The average Bonchev–Trinajstić information content (AvgIpc) is 3.72. The topological polar surface area (TPSA) is 65.8 Å². The van der Waals surface area contributed by atoms with Gasteiger partial charge in [-0.1, -0.05) is 121 Å². The minimum absolute atomic E-state index is 0.0401. The van der Waals surface area contributed by atoms with E-state index in [4.69, 9.17) is 14.4 Å². The van der Waals surface area contributed by atoms with Gasteiger partial charge in [0.25, 0.3) is 0 Å². The van der Waals surface area contributed by atoms with Gasteiger partial charge in [-0.15, -0.1) is 0 Å². The Morgan fingerprint density at radius 3 is 2.00 bits per heavy atom. The Labute approximate surface area is 304 Å². The fourth-order valence-electron chi connectivity index (χ4n) is 7.62. The number of aromatic nitrogens is 4. The Balaban J connectivity index is 1.07. The van der Waals surface area contributed by atoms with Crippen LogP contribution < -0.4 is 5.69 Å². The number of aryl methyl sites for hydroxylation is 2. The molecular weight excluding hydrogens is 653 g/mol. The van der Waals surface area contributed by atoms with Gasteiger partial charge in [0, 0.05) is 46.9 Å². The van der Waals surface area contributed by atoms with Crippen molar-refractivity contribution < 1.29 is 4.42 Å². The molecule has 0 aliphatic carbocycles. The van der Waals surface area contributed by atoms with Gasteiger partial charge in [-0.05, 0) is 64.0 Å². The minimum atomic E-state index is -0.0401. The van der Waals surface area contributed by atoms with Crippen molar-refractivity contribution in [3.63, 3.8) is 0 Å². The van der Waals surface area contributed by atoms with Crippen LogP contribution in [-0.4, -0.2) is 19.1 Å². The molecule has 0 aliphatic heterocycles. The molecule has 10 aromatic rings. The van der Waals surface area contributed by atoms with Crippen LogP contribution in [0.4, 0.5) is 0 Å². The van der Waals surface area contributed by atoms with Crippen LogP contribution in [0.1, 0.15) is 0 Å². The summed E-state index contributed by atoms with van der Waals surface area (Å²) >= 11 is 0. The Bertz CT molecular complexity index is 3100. The first-order chi connectivity index (χ1) is 26.0. The van der Waals surface area contributed by atoms with Gasteiger partial charge in [-0.3, -0.25) is 9.13 Å². The highest BCUT2D eigenvalue weighted by Crippen LogP contribution is 2.40. The van der Waals surface area contributed by atoms with E-state index in [9.17, 15) is 4.79 Å². The summed E-state index contributed by atoms with van der Waals surface area (Å²) in [4.78, 5) is 22.8. The maximum Gasteiger partial charge on any atom is 0.328 e. The van der Waals surface area contributed by atoms with Gasteiger partial charge in [0.05, 0.1) is 22.4 Å². The van der Waals surface area contributed by atoms with Crippen molar-refractivity contribution in [1.82, 2.24) is 19.1 Å². The van der Waals surface area contributed by atoms with E-state index in [1.807, 2.05) is 49.5 Å². The van der Waals surface area contributed by atoms with Crippen LogP contribution in [0.2, 0.25) is 0 Å². The molecule has 6 heteroatoms. The third-order valence-corrected chi connectivity index (χ3v) is 10.4. The van der Waals surface area contributed by atoms with E-state index in [1.54, 1.807) is 16.2 Å². The second-order valence-corrected chi connectivity index (χ2v) is 13.5. The second-order valence-electron chi connectivity index (χ2n) is 13.5. The van der Waals surface area contributed by atoms with E-state index >= 15 is 0 Å². The van der Waals surface area contributed by atoms with Gasteiger partial charge in [0.1, 0.15) is 11.2 Å². The predicted octanol–water partition coefficient (Wildman–Crippen LogP) is 11.1. The first-order valence-electron chi connectivity index (χ1n) is 17.6. The van der Waals surface area contributed by atoms with Crippen molar-refractivity contribution in [3.05, 3.63) is 168 Å². The summed E-state index contributed by atoms with van der Waals surface area (Å²) in [6, 6.07) is 54.3. The monoisotopic (exact) mass is 684 g/mol. The van der Waals surface area contributed by atoms with Gasteiger partial charge in [0.15, 0.2) is 5.82 Å². The van der Waals surface area contributed by atoms with Gasteiger partial charge < -0.3 is 4.42 Å². The highest BCUT2D eigenvalue weighted by atomic mass is 16.3. The fourth-order valence-corrected chi connectivity index (χ4v) is 7.62. The molecule has 0 N–H and O–H groups in total. The molecule has 3 aromatic heterocycles. The van der Waals surface area contributed by atoms with Gasteiger partial charge >= 0.3 is 5.69 Å². The molecule has 10 rings (SSSR count).